The van der Waals surface area contributed by atoms with Crippen molar-refractivity contribution in [2.24, 2.45) is 0 Å². The van der Waals surface area contributed by atoms with Crippen LogP contribution in [-0.4, -0.2) is 33.6 Å². The molecule has 0 spiro atoms. The first-order valence-electron chi connectivity index (χ1n) is 5.25. The highest BCUT2D eigenvalue weighted by Crippen LogP contribution is 1.90. The van der Waals surface area contributed by atoms with Crippen molar-refractivity contribution in [2.45, 2.75) is 25.9 Å². The summed E-state index contributed by atoms with van der Waals surface area (Å²) in [5.74, 6) is -0.189. The molecule has 0 saturated heterocycles. The second-order valence-corrected chi connectivity index (χ2v) is 3.97. The lowest BCUT2D eigenvalue weighted by atomic mass is 10.3. The number of carbonyl (C=O) groups excluding carboxylic acids is 2. The van der Waals surface area contributed by atoms with Gasteiger partial charge in [0.15, 0.2) is 0 Å². The minimum Gasteiger partial charge on any atom is -0.333 e. The molecule has 1 atom stereocenters. The molecule has 1 aromatic heterocycles. The SMILES string of the molecule is CC(Cn1cccn1)NC(=O)NC(=O)CCCl. The monoisotopic (exact) mass is 258 g/mol. The van der Waals surface area contributed by atoms with E-state index in [4.69, 9.17) is 11.6 Å². The minimum absolute atomic E-state index is 0.126. The molecule has 1 unspecified atom stereocenters. The number of alkyl halides is 1. The molecule has 17 heavy (non-hydrogen) atoms. The molecule has 0 aromatic carbocycles. The topological polar surface area (TPSA) is 76.0 Å². The Hall–Kier alpha value is -1.56. The molecular formula is C10H15ClN4O2. The van der Waals surface area contributed by atoms with Crippen LogP contribution in [-0.2, 0) is 11.3 Å². The van der Waals surface area contributed by atoms with Gasteiger partial charge in [0.2, 0.25) is 5.91 Å². The predicted molar refractivity (Wildman–Crippen MR) is 63.7 cm³/mol. The van der Waals surface area contributed by atoms with Crippen LogP contribution in [0.15, 0.2) is 18.5 Å². The third kappa shape index (κ3) is 5.35. The van der Waals surface area contributed by atoms with Gasteiger partial charge < -0.3 is 5.32 Å². The van der Waals surface area contributed by atoms with Gasteiger partial charge in [0.05, 0.1) is 6.54 Å². The van der Waals surface area contributed by atoms with E-state index in [9.17, 15) is 9.59 Å². The molecule has 3 amide bonds. The summed E-state index contributed by atoms with van der Waals surface area (Å²) in [6.07, 6.45) is 3.59. The van der Waals surface area contributed by atoms with E-state index in [1.165, 1.54) is 0 Å². The van der Waals surface area contributed by atoms with Crippen LogP contribution in [0.5, 0.6) is 0 Å². The number of aromatic nitrogens is 2. The van der Waals surface area contributed by atoms with Gasteiger partial charge in [-0.15, -0.1) is 11.6 Å². The maximum absolute atomic E-state index is 11.4. The molecule has 1 heterocycles. The third-order valence-electron chi connectivity index (χ3n) is 1.97. The van der Waals surface area contributed by atoms with Gasteiger partial charge >= 0.3 is 6.03 Å². The fraction of sp³-hybridized carbons (Fsp3) is 0.500. The van der Waals surface area contributed by atoms with Crippen molar-refractivity contribution in [3.8, 4) is 0 Å². The maximum Gasteiger partial charge on any atom is 0.321 e. The number of imide groups is 1. The summed E-state index contributed by atoms with van der Waals surface area (Å²) in [4.78, 5) is 22.4. The molecule has 0 aliphatic rings. The van der Waals surface area contributed by atoms with E-state index in [0.29, 0.717) is 6.54 Å². The van der Waals surface area contributed by atoms with Crippen molar-refractivity contribution < 1.29 is 9.59 Å². The summed E-state index contributed by atoms with van der Waals surface area (Å²) in [6.45, 7) is 2.37. The molecule has 1 aromatic rings. The number of nitrogens with one attached hydrogen (secondary N) is 2. The van der Waals surface area contributed by atoms with Crippen LogP contribution in [0.4, 0.5) is 4.79 Å². The summed E-state index contributed by atoms with van der Waals surface area (Å²) in [6, 6.07) is 1.16. The highest BCUT2D eigenvalue weighted by atomic mass is 35.5. The zero-order valence-corrected chi connectivity index (χ0v) is 10.3. The molecule has 0 aliphatic heterocycles. The van der Waals surface area contributed by atoms with Gasteiger partial charge in [-0.3, -0.25) is 14.8 Å². The fourth-order valence-electron chi connectivity index (χ4n) is 1.27. The smallest absolute Gasteiger partial charge is 0.321 e. The Bertz CT molecular complexity index is 366. The quantitative estimate of drug-likeness (QED) is 0.765. The van der Waals surface area contributed by atoms with E-state index in [-0.39, 0.29) is 24.2 Å². The summed E-state index contributed by atoms with van der Waals surface area (Å²) < 4.78 is 1.70. The summed E-state index contributed by atoms with van der Waals surface area (Å²) in [5.41, 5.74) is 0. The van der Waals surface area contributed by atoms with Crippen LogP contribution in [0.2, 0.25) is 0 Å². The van der Waals surface area contributed by atoms with Gasteiger partial charge in [-0.05, 0) is 13.0 Å². The first kappa shape index (κ1) is 13.5. The summed E-state index contributed by atoms with van der Waals surface area (Å²) in [7, 11) is 0. The zero-order valence-electron chi connectivity index (χ0n) is 9.52. The Morgan fingerprint density at radius 2 is 2.29 bits per heavy atom. The number of nitrogens with zero attached hydrogens (tertiary/aromatic N) is 2. The zero-order chi connectivity index (χ0) is 12.7. The van der Waals surface area contributed by atoms with Gasteiger partial charge in [-0.1, -0.05) is 0 Å². The largest absolute Gasteiger partial charge is 0.333 e. The lowest BCUT2D eigenvalue weighted by Gasteiger charge is -2.13. The number of rotatable bonds is 5. The normalized spacial score (nSPS) is 11.9. The van der Waals surface area contributed by atoms with E-state index < -0.39 is 6.03 Å². The third-order valence-corrected chi connectivity index (χ3v) is 2.16. The molecule has 0 bridgehead atoms. The van der Waals surface area contributed by atoms with E-state index in [1.807, 2.05) is 6.92 Å². The second-order valence-electron chi connectivity index (χ2n) is 3.59. The Morgan fingerprint density at radius 1 is 1.53 bits per heavy atom. The Kier molecular flexibility index (Phi) is 5.48. The molecule has 94 valence electrons. The molecular weight excluding hydrogens is 244 g/mol. The van der Waals surface area contributed by atoms with Crippen molar-refractivity contribution >= 4 is 23.5 Å². The molecule has 6 nitrogen and oxygen atoms in total. The van der Waals surface area contributed by atoms with E-state index in [1.54, 1.807) is 23.1 Å². The number of carbonyl (C=O) groups is 2. The standard InChI is InChI=1S/C10H15ClN4O2/c1-8(7-15-6-2-5-12-15)13-10(17)14-9(16)3-4-11/h2,5-6,8H,3-4,7H2,1H3,(H2,13,14,16,17). The van der Waals surface area contributed by atoms with Crippen molar-refractivity contribution in [1.29, 1.82) is 0 Å². The lowest BCUT2D eigenvalue weighted by molar-refractivity contribution is -0.119. The molecule has 7 heteroatoms. The van der Waals surface area contributed by atoms with Crippen LogP contribution in [0, 0.1) is 0 Å². The number of urea groups is 1. The van der Waals surface area contributed by atoms with Crippen molar-refractivity contribution in [1.82, 2.24) is 20.4 Å². The second kappa shape index (κ2) is 6.90. The highest BCUT2D eigenvalue weighted by Gasteiger charge is 2.10. The highest BCUT2D eigenvalue weighted by molar-refractivity contribution is 6.19. The van der Waals surface area contributed by atoms with Crippen LogP contribution in [0.25, 0.3) is 0 Å². The van der Waals surface area contributed by atoms with Crippen LogP contribution < -0.4 is 10.6 Å². The van der Waals surface area contributed by atoms with Gasteiger partial charge in [0, 0.05) is 30.7 Å². The van der Waals surface area contributed by atoms with Gasteiger partial charge in [-0.2, -0.15) is 5.10 Å². The minimum atomic E-state index is -0.514. The Morgan fingerprint density at radius 3 is 2.88 bits per heavy atom. The van der Waals surface area contributed by atoms with E-state index in [0.717, 1.165) is 0 Å². The molecule has 0 aliphatic carbocycles. The number of hydrogen-bond acceptors (Lipinski definition) is 3. The first-order valence-corrected chi connectivity index (χ1v) is 5.79. The number of halogens is 1. The Labute approximate surface area is 104 Å². The van der Waals surface area contributed by atoms with E-state index in [2.05, 4.69) is 15.7 Å². The van der Waals surface area contributed by atoms with Crippen molar-refractivity contribution in [3.05, 3.63) is 18.5 Å². The Balaban J connectivity index is 2.28. The number of hydrogen-bond donors (Lipinski definition) is 2. The molecule has 0 radical (unpaired) electrons. The van der Waals surface area contributed by atoms with Gasteiger partial charge in [0.25, 0.3) is 0 Å². The molecule has 1 rings (SSSR count). The average molecular weight is 259 g/mol. The van der Waals surface area contributed by atoms with E-state index >= 15 is 0 Å². The van der Waals surface area contributed by atoms with Crippen LogP contribution >= 0.6 is 11.6 Å². The summed E-state index contributed by atoms with van der Waals surface area (Å²) in [5, 5.41) is 8.84. The summed E-state index contributed by atoms with van der Waals surface area (Å²) >= 11 is 5.38. The van der Waals surface area contributed by atoms with Gasteiger partial charge in [-0.25, -0.2) is 4.79 Å². The lowest BCUT2D eigenvalue weighted by Crippen LogP contribution is -2.44. The van der Waals surface area contributed by atoms with Gasteiger partial charge in [0.1, 0.15) is 0 Å². The molecule has 2 N–H and O–H groups in total. The predicted octanol–water partition coefficient (Wildman–Crippen LogP) is 0.726. The van der Waals surface area contributed by atoms with Crippen molar-refractivity contribution in [2.75, 3.05) is 5.88 Å². The van der Waals surface area contributed by atoms with Crippen LogP contribution in [0.3, 0.4) is 0 Å². The molecule has 0 saturated carbocycles. The van der Waals surface area contributed by atoms with Crippen molar-refractivity contribution in [3.63, 3.8) is 0 Å². The fourth-order valence-corrected chi connectivity index (χ4v) is 1.44. The first-order chi connectivity index (χ1) is 8.11. The average Bonchev–Trinajstić information content (AvgIpc) is 2.69. The molecule has 0 fully saturated rings. The van der Waals surface area contributed by atoms with Crippen LogP contribution in [0.1, 0.15) is 13.3 Å². The maximum atomic E-state index is 11.4. The number of amides is 3.